The van der Waals surface area contributed by atoms with E-state index in [1.54, 1.807) is 5.06 Å². The second-order valence-electron chi connectivity index (χ2n) is 4.90. The lowest BCUT2D eigenvalue weighted by Gasteiger charge is -2.28. The average Bonchev–Trinajstić information content (AvgIpc) is 2.86. The normalized spacial score (nSPS) is 40.9. The van der Waals surface area contributed by atoms with E-state index in [2.05, 4.69) is 0 Å². The zero-order valence-electron chi connectivity index (χ0n) is 8.45. The van der Waals surface area contributed by atoms with Gasteiger partial charge >= 0.3 is 0 Å². The van der Waals surface area contributed by atoms with E-state index in [-0.39, 0.29) is 11.8 Å². The molecule has 1 heterocycles. The zero-order chi connectivity index (χ0) is 9.54. The van der Waals surface area contributed by atoms with E-state index in [4.69, 9.17) is 4.84 Å². The molecule has 2 unspecified atom stereocenters. The maximum Gasteiger partial charge on any atom is 0.249 e. The van der Waals surface area contributed by atoms with E-state index >= 15 is 0 Å². The summed E-state index contributed by atoms with van der Waals surface area (Å²) in [6, 6.07) is 0. The molecule has 0 aromatic rings. The molecule has 0 aromatic carbocycles. The molecule has 0 N–H and O–H groups in total. The highest BCUT2D eigenvalue weighted by Gasteiger charge is 2.49. The van der Waals surface area contributed by atoms with Gasteiger partial charge in [0.15, 0.2) is 0 Å². The van der Waals surface area contributed by atoms with Gasteiger partial charge in [-0.1, -0.05) is 0 Å². The molecule has 0 bridgehead atoms. The lowest BCUT2D eigenvalue weighted by atomic mass is 10.0. The van der Waals surface area contributed by atoms with E-state index in [9.17, 15) is 4.79 Å². The Balaban J connectivity index is 1.58. The van der Waals surface area contributed by atoms with Crippen molar-refractivity contribution in [1.82, 2.24) is 5.06 Å². The first-order chi connectivity index (χ1) is 6.84. The molecule has 0 aromatic heterocycles. The molecule has 3 rings (SSSR count). The zero-order valence-corrected chi connectivity index (χ0v) is 8.45. The predicted molar refractivity (Wildman–Crippen MR) is 51.2 cm³/mol. The molecule has 3 heteroatoms. The summed E-state index contributed by atoms with van der Waals surface area (Å²) in [4.78, 5) is 17.4. The summed E-state index contributed by atoms with van der Waals surface area (Å²) >= 11 is 0. The Morgan fingerprint density at radius 3 is 2.57 bits per heavy atom. The van der Waals surface area contributed by atoms with E-state index in [1.807, 2.05) is 0 Å². The Hall–Kier alpha value is -0.570. The summed E-state index contributed by atoms with van der Waals surface area (Å²) in [7, 11) is 0. The second kappa shape index (κ2) is 3.23. The predicted octanol–water partition coefficient (Wildman–Crippen LogP) is 1.59. The summed E-state index contributed by atoms with van der Waals surface area (Å²) in [5.41, 5.74) is 0. The van der Waals surface area contributed by atoms with Crippen LogP contribution in [0.3, 0.4) is 0 Å². The summed E-state index contributed by atoms with van der Waals surface area (Å²) in [5, 5.41) is 1.62. The monoisotopic (exact) mass is 195 g/mol. The molecule has 78 valence electrons. The molecule has 14 heavy (non-hydrogen) atoms. The van der Waals surface area contributed by atoms with Crippen LogP contribution in [0.4, 0.5) is 0 Å². The van der Waals surface area contributed by atoms with Crippen LogP contribution < -0.4 is 0 Å². The third kappa shape index (κ3) is 1.44. The lowest BCUT2D eigenvalue weighted by molar-refractivity contribution is -0.201. The molecule has 0 spiro atoms. The molecule has 1 saturated heterocycles. The average molecular weight is 195 g/mol. The molecule has 3 aliphatic rings. The molecule has 3 nitrogen and oxygen atoms in total. The number of carbonyl (C=O) groups is 1. The minimum Gasteiger partial charge on any atom is -0.272 e. The Morgan fingerprint density at radius 2 is 1.93 bits per heavy atom. The molecule has 0 radical (unpaired) electrons. The minimum absolute atomic E-state index is 0.261. The van der Waals surface area contributed by atoms with E-state index in [0.717, 1.165) is 50.7 Å². The van der Waals surface area contributed by atoms with Gasteiger partial charge < -0.3 is 0 Å². The van der Waals surface area contributed by atoms with Crippen molar-refractivity contribution in [1.29, 1.82) is 0 Å². The highest BCUT2D eigenvalue weighted by atomic mass is 16.7. The van der Waals surface area contributed by atoms with Gasteiger partial charge in [0.25, 0.3) is 0 Å². The van der Waals surface area contributed by atoms with E-state index in [1.165, 1.54) is 6.42 Å². The molecule has 1 aliphatic heterocycles. The number of amides is 1. The van der Waals surface area contributed by atoms with Crippen LogP contribution in [0.2, 0.25) is 0 Å². The van der Waals surface area contributed by atoms with E-state index in [0.29, 0.717) is 0 Å². The maximum atomic E-state index is 12.0. The van der Waals surface area contributed by atoms with Crippen LogP contribution in [0.25, 0.3) is 0 Å². The fourth-order valence-electron chi connectivity index (χ4n) is 2.89. The SMILES string of the molecule is O=C(C1CC2CC2C1)N1CCCCO1. The van der Waals surface area contributed by atoms with Crippen molar-refractivity contribution in [3.8, 4) is 0 Å². The highest BCUT2D eigenvalue weighted by Crippen LogP contribution is 2.54. The van der Waals surface area contributed by atoms with E-state index < -0.39 is 0 Å². The fourth-order valence-corrected chi connectivity index (χ4v) is 2.89. The molecule has 3 fully saturated rings. The Bertz CT molecular complexity index is 234. The standard InChI is InChI=1S/C11H17NO2/c13-11(12-3-1-2-4-14-12)10-6-8-5-9(8)7-10/h8-10H,1-7H2. The molecular weight excluding hydrogens is 178 g/mol. The van der Waals surface area contributed by atoms with Gasteiger partial charge in [0, 0.05) is 12.5 Å². The highest BCUT2D eigenvalue weighted by molar-refractivity contribution is 5.78. The van der Waals surface area contributed by atoms with Crippen LogP contribution in [-0.4, -0.2) is 24.1 Å². The maximum absolute atomic E-state index is 12.0. The van der Waals surface area contributed by atoms with Crippen molar-refractivity contribution in [2.45, 2.75) is 32.1 Å². The first-order valence-corrected chi connectivity index (χ1v) is 5.79. The summed E-state index contributed by atoms with van der Waals surface area (Å²) in [6.45, 7) is 1.54. The number of fused-ring (bicyclic) bond motifs is 1. The van der Waals surface area contributed by atoms with Crippen LogP contribution in [-0.2, 0) is 9.63 Å². The van der Waals surface area contributed by atoms with Crippen LogP contribution in [0.15, 0.2) is 0 Å². The van der Waals surface area contributed by atoms with Gasteiger partial charge in [-0.05, 0) is 43.9 Å². The van der Waals surface area contributed by atoms with Crippen LogP contribution in [0.1, 0.15) is 32.1 Å². The number of rotatable bonds is 1. The molecular formula is C11H17NO2. The number of nitrogens with zero attached hydrogens (tertiary/aromatic N) is 1. The van der Waals surface area contributed by atoms with Crippen molar-refractivity contribution in [3.05, 3.63) is 0 Å². The minimum atomic E-state index is 0.261. The number of hydrogen-bond donors (Lipinski definition) is 0. The van der Waals surface area contributed by atoms with Gasteiger partial charge in [-0.15, -0.1) is 0 Å². The largest absolute Gasteiger partial charge is 0.272 e. The van der Waals surface area contributed by atoms with Crippen molar-refractivity contribution in [3.63, 3.8) is 0 Å². The van der Waals surface area contributed by atoms with Gasteiger partial charge in [-0.25, -0.2) is 5.06 Å². The number of carbonyl (C=O) groups excluding carboxylic acids is 1. The number of hydrogen-bond acceptors (Lipinski definition) is 2. The molecule has 2 atom stereocenters. The third-order valence-electron chi connectivity index (χ3n) is 3.84. The van der Waals surface area contributed by atoms with Crippen molar-refractivity contribution in [2.75, 3.05) is 13.2 Å². The van der Waals surface area contributed by atoms with Gasteiger partial charge in [0.05, 0.1) is 6.61 Å². The second-order valence-corrected chi connectivity index (χ2v) is 4.90. The van der Waals surface area contributed by atoms with Crippen LogP contribution >= 0.6 is 0 Å². The van der Waals surface area contributed by atoms with Crippen molar-refractivity contribution >= 4 is 5.91 Å². The van der Waals surface area contributed by atoms with Crippen LogP contribution in [0, 0.1) is 17.8 Å². The number of hydroxylamine groups is 2. The third-order valence-corrected chi connectivity index (χ3v) is 3.84. The first kappa shape index (κ1) is 8.72. The topological polar surface area (TPSA) is 29.5 Å². The van der Waals surface area contributed by atoms with Crippen molar-refractivity contribution < 1.29 is 9.63 Å². The fraction of sp³-hybridized carbons (Fsp3) is 0.909. The van der Waals surface area contributed by atoms with Gasteiger partial charge in [0.2, 0.25) is 5.91 Å². The quantitative estimate of drug-likeness (QED) is 0.636. The molecule has 1 amide bonds. The molecule has 2 aliphatic carbocycles. The lowest BCUT2D eigenvalue weighted by Crippen LogP contribution is -2.39. The Kier molecular flexibility index (Phi) is 2.01. The Labute approximate surface area is 84.4 Å². The summed E-state index contributed by atoms with van der Waals surface area (Å²) in [5.74, 6) is 2.32. The summed E-state index contributed by atoms with van der Waals surface area (Å²) < 4.78 is 0. The molecule has 2 saturated carbocycles. The van der Waals surface area contributed by atoms with Gasteiger partial charge in [0.1, 0.15) is 0 Å². The van der Waals surface area contributed by atoms with Crippen LogP contribution in [0.5, 0.6) is 0 Å². The van der Waals surface area contributed by atoms with Crippen molar-refractivity contribution in [2.24, 2.45) is 17.8 Å². The van der Waals surface area contributed by atoms with Gasteiger partial charge in [-0.3, -0.25) is 9.63 Å². The summed E-state index contributed by atoms with van der Waals surface area (Å²) in [6.07, 6.45) is 5.84. The van der Waals surface area contributed by atoms with Gasteiger partial charge in [-0.2, -0.15) is 0 Å². The Morgan fingerprint density at radius 1 is 1.14 bits per heavy atom. The smallest absolute Gasteiger partial charge is 0.249 e. The first-order valence-electron chi connectivity index (χ1n) is 5.79.